The number of benzene rings is 2. The van der Waals surface area contributed by atoms with Crippen molar-refractivity contribution < 1.29 is 4.79 Å². The number of carbonyl (C=O) groups excluding carboxylic acids is 1. The van der Waals surface area contributed by atoms with E-state index in [1.807, 2.05) is 12.1 Å². The fourth-order valence-electron chi connectivity index (χ4n) is 2.55. The molecular formula is C21H19Cl2N3O. The zero-order chi connectivity index (χ0) is 19.4. The predicted octanol–water partition coefficient (Wildman–Crippen LogP) is 6.51. The fourth-order valence-corrected chi connectivity index (χ4v) is 2.85. The maximum Gasteiger partial charge on any atom is 0.259 e. The number of nitrogens with one attached hydrogen (secondary N) is 2. The van der Waals surface area contributed by atoms with Gasteiger partial charge in [-0.2, -0.15) is 0 Å². The molecule has 1 heterocycles. The van der Waals surface area contributed by atoms with Crippen molar-refractivity contribution in [2.75, 3.05) is 10.6 Å². The highest BCUT2D eigenvalue weighted by atomic mass is 35.5. The van der Waals surface area contributed by atoms with Crippen LogP contribution in [0.3, 0.4) is 0 Å². The summed E-state index contributed by atoms with van der Waals surface area (Å²) < 4.78 is 0. The minimum absolute atomic E-state index is 0.289. The molecule has 0 unspecified atom stereocenters. The lowest BCUT2D eigenvalue weighted by Gasteiger charge is -2.12. The summed E-state index contributed by atoms with van der Waals surface area (Å²) in [5.41, 5.74) is 3.10. The Bertz CT molecular complexity index is 956. The first-order valence-corrected chi connectivity index (χ1v) is 9.28. The Hall–Kier alpha value is -2.56. The molecular weight excluding hydrogens is 381 g/mol. The molecule has 0 radical (unpaired) electrons. The van der Waals surface area contributed by atoms with E-state index >= 15 is 0 Å². The summed E-state index contributed by atoms with van der Waals surface area (Å²) in [5.74, 6) is 0.650. The molecule has 4 nitrogen and oxygen atoms in total. The van der Waals surface area contributed by atoms with Crippen molar-refractivity contribution in [3.8, 4) is 0 Å². The molecule has 3 rings (SSSR count). The molecule has 2 aromatic carbocycles. The van der Waals surface area contributed by atoms with Crippen molar-refractivity contribution in [1.29, 1.82) is 0 Å². The van der Waals surface area contributed by atoms with Gasteiger partial charge < -0.3 is 10.6 Å². The van der Waals surface area contributed by atoms with Crippen LogP contribution < -0.4 is 10.6 Å². The zero-order valence-corrected chi connectivity index (χ0v) is 16.5. The number of hydrogen-bond acceptors (Lipinski definition) is 3. The van der Waals surface area contributed by atoms with Crippen LogP contribution in [0.4, 0.5) is 17.2 Å². The Kier molecular flexibility index (Phi) is 5.99. The first-order valence-electron chi connectivity index (χ1n) is 8.52. The van der Waals surface area contributed by atoms with Gasteiger partial charge in [0.15, 0.2) is 0 Å². The highest BCUT2D eigenvalue weighted by molar-refractivity contribution is 6.42. The second-order valence-electron chi connectivity index (χ2n) is 6.38. The Morgan fingerprint density at radius 2 is 1.67 bits per heavy atom. The van der Waals surface area contributed by atoms with Crippen molar-refractivity contribution >= 4 is 46.3 Å². The molecule has 0 bridgehead atoms. The van der Waals surface area contributed by atoms with E-state index in [0.717, 1.165) is 5.69 Å². The Labute approximate surface area is 168 Å². The fraction of sp³-hybridized carbons (Fsp3) is 0.143. The summed E-state index contributed by atoms with van der Waals surface area (Å²) in [5, 5.41) is 6.83. The van der Waals surface area contributed by atoms with Crippen LogP contribution in [0.15, 0.2) is 60.8 Å². The number of nitrogens with zero attached hydrogens (tertiary/aromatic N) is 1. The van der Waals surface area contributed by atoms with Gasteiger partial charge in [-0.15, -0.1) is 0 Å². The first-order chi connectivity index (χ1) is 12.9. The molecule has 0 saturated heterocycles. The lowest BCUT2D eigenvalue weighted by atomic mass is 10.0. The van der Waals surface area contributed by atoms with E-state index in [0.29, 0.717) is 33.0 Å². The van der Waals surface area contributed by atoms with Crippen LogP contribution in [0.5, 0.6) is 0 Å². The van der Waals surface area contributed by atoms with Crippen molar-refractivity contribution in [3.05, 3.63) is 82.0 Å². The molecule has 0 spiro atoms. The van der Waals surface area contributed by atoms with E-state index in [1.165, 1.54) is 5.56 Å². The highest BCUT2D eigenvalue weighted by Crippen LogP contribution is 2.26. The molecule has 0 fully saturated rings. The number of amides is 1. The number of pyridine rings is 1. The lowest BCUT2D eigenvalue weighted by Crippen LogP contribution is -2.14. The van der Waals surface area contributed by atoms with Gasteiger partial charge in [0.05, 0.1) is 15.6 Å². The quantitative estimate of drug-likeness (QED) is 0.514. The third-order valence-electron chi connectivity index (χ3n) is 4.07. The molecule has 6 heteroatoms. The second-order valence-corrected chi connectivity index (χ2v) is 7.20. The van der Waals surface area contributed by atoms with E-state index in [9.17, 15) is 4.79 Å². The maximum atomic E-state index is 12.7. The minimum atomic E-state index is -0.289. The predicted molar refractivity (Wildman–Crippen MR) is 112 cm³/mol. The third-order valence-corrected chi connectivity index (χ3v) is 4.81. The Morgan fingerprint density at radius 1 is 0.963 bits per heavy atom. The molecule has 0 aliphatic rings. The molecule has 0 aliphatic heterocycles. The topological polar surface area (TPSA) is 54.0 Å². The van der Waals surface area contributed by atoms with Gasteiger partial charge in [0.25, 0.3) is 5.91 Å². The first kappa shape index (κ1) is 19.2. The normalized spacial score (nSPS) is 10.7. The van der Waals surface area contributed by atoms with Gasteiger partial charge in [-0.1, -0.05) is 49.2 Å². The van der Waals surface area contributed by atoms with E-state index in [-0.39, 0.29) is 5.91 Å². The van der Waals surface area contributed by atoms with E-state index < -0.39 is 0 Å². The molecule has 3 aromatic rings. The summed E-state index contributed by atoms with van der Waals surface area (Å²) in [7, 11) is 0. The van der Waals surface area contributed by atoms with Crippen molar-refractivity contribution in [3.63, 3.8) is 0 Å². The van der Waals surface area contributed by atoms with Crippen LogP contribution in [0.25, 0.3) is 0 Å². The summed E-state index contributed by atoms with van der Waals surface area (Å²) >= 11 is 11.9. The SMILES string of the molecule is CC(C)c1ccc(Nc2ncccc2C(=O)Nc2ccc(Cl)c(Cl)c2)cc1. The van der Waals surface area contributed by atoms with Crippen LogP contribution in [-0.4, -0.2) is 10.9 Å². The molecule has 1 amide bonds. The highest BCUT2D eigenvalue weighted by Gasteiger charge is 2.13. The molecule has 0 aliphatic carbocycles. The number of aromatic nitrogens is 1. The van der Waals surface area contributed by atoms with Crippen LogP contribution in [-0.2, 0) is 0 Å². The Morgan fingerprint density at radius 3 is 2.33 bits per heavy atom. The molecule has 138 valence electrons. The van der Waals surface area contributed by atoms with Crippen LogP contribution in [0.1, 0.15) is 35.7 Å². The van der Waals surface area contributed by atoms with Crippen LogP contribution >= 0.6 is 23.2 Å². The van der Waals surface area contributed by atoms with Crippen LogP contribution in [0.2, 0.25) is 10.0 Å². The van der Waals surface area contributed by atoms with E-state index in [1.54, 1.807) is 36.5 Å². The van der Waals surface area contributed by atoms with Gasteiger partial charge in [0.1, 0.15) is 5.82 Å². The summed E-state index contributed by atoms with van der Waals surface area (Å²) in [6.45, 7) is 4.29. The number of halogens is 2. The minimum Gasteiger partial charge on any atom is -0.340 e. The average Bonchev–Trinajstić information content (AvgIpc) is 2.65. The van der Waals surface area contributed by atoms with E-state index in [4.69, 9.17) is 23.2 Å². The third kappa shape index (κ3) is 4.79. The standard InChI is InChI=1S/C21H19Cl2N3O/c1-13(2)14-5-7-15(8-6-14)25-20-17(4-3-11-24-20)21(27)26-16-9-10-18(22)19(23)12-16/h3-13H,1-2H3,(H,24,25)(H,26,27). The van der Waals surface area contributed by atoms with Crippen LogP contribution in [0, 0.1) is 0 Å². The van der Waals surface area contributed by atoms with Gasteiger partial charge in [-0.05, 0) is 53.9 Å². The molecule has 0 saturated carbocycles. The van der Waals surface area contributed by atoms with Gasteiger partial charge in [0, 0.05) is 17.6 Å². The number of rotatable bonds is 5. The molecule has 0 atom stereocenters. The maximum absolute atomic E-state index is 12.7. The molecule has 2 N–H and O–H groups in total. The summed E-state index contributed by atoms with van der Waals surface area (Å²) in [6, 6.07) is 16.4. The largest absolute Gasteiger partial charge is 0.340 e. The zero-order valence-electron chi connectivity index (χ0n) is 15.0. The number of hydrogen-bond donors (Lipinski definition) is 2. The smallest absolute Gasteiger partial charge is 0.259 e. The summed E-state index contributed by atoms with van der Waals surface area (Å²) in [6.07, 6.45) is 1.64. The van der Waals surface area contributed by atoms with Gasteiger partial charge in [0.2, 0.25) is 0 Å². The number of anilines is 3. The monoisotopic (exact) mass is 399 g/mol. The molecule has 1 aromatic heterocycles. The lowest BCUT2D eigenvalue weighted by molar-refractivity contribution is 0.102. The number of carbonyl (C=O) groups is 1. The van der Waals surface area contributed by atoms with Crippen molar-refractivity contribution in [1.82, 2.24) is 4.98 Å². The van der Waals surface area contributed by atoms with Crippen molar-refractivity contribution in [2.45, 2.75) is 19.8 Å². The van der Waals surface area contributed by atoms with Gasteiger partial charge >= 0.3 is 0 Å². The summed E-state index contributed by atoms with van der Waals surface area (Å²) in [4.78, 5) is 17.0. The Balaban J connectivity index is 1.80. The average molecular weight is 400 g/mol. The van der Waals surface area contributed by atoms with Gasteiger partial charge in [-0.3, -0.25) is 4.79 Å². The van der Waals surface area contributed by atoms with E-state index in [2.05, 4.69) is 41.6 Å². The van der Waals surface area contributed by atoms with Crippen molar-refractivity contribution in [2.24, 2.45) is 0 Å². The molecule has 27 heavy (non-hydrogen) atoms. The second kappa shape index (κ2) is 8.42. The van der Waals surface area contributed by atoms with Gasteiger partial charge in [-0.25, -0.2) is 4.98 Å².